The maximum absolute atomic E-state index is 13.6. The average molecular weight is 619 g/mol. The van der Waals surface area contributed by atoms with Crippen molar-refractivity contribution >= 4 is 49.9 Å². The number of hydrogen-bond donors (Lipinski definition) is 3. The fourth-order valence-corrected chi connectivity index (χ4v) is 5.96. The molecule has 0 saturated carbocycles. The van der Waals surface area contributed by atoms with E-state index in [0.29, 0.717) is 37.0 Å². The topological polar surface area (TPSA) is 139 Å². The molecule has 4 rings (SSSR count). The number of carbonyl (C=O) groups excluding carboxylic acids is 3. The highest BCUT2D eigenvalue weighted by Crippen LogP contribution is 2.22. The summed E-state index contributed by atoms with van der Waals surface area (Å²) in [5, 5.41) is 4.25. The Labute approximate surface area is 256 Å². The van der Waals surface area contributed by atoms with Crippen molar-refractivity contribution in [2.45, 2.75) is 38.0 Å². The lowest BCUT2D eigenvalue weighted by molar-refractivity contribution is -0.141. The maximum atomic E-state index is 13.6. The second-order valence-corrected chi connectivity index (χ2v) is 12.0. The number of nitrogens with zero attached hydrogens (tertiary/aromatic N) is 1. The number of aryl methyl sites for hydroxylation is 1. The molecule has 0 saturated heterocycles. The summed E-state index contributed by atoms with van der Waals surface area (Å²) in [6.45, 7) is 4.35. The van der Waals surface area contributed by atoms with Crippen LogP contribution >= 0.6 is 0 Å². The lowest BCUT2D eigenvalue weighted by Crippen LogP contribution is -2.45. The van der Waals surface area contributed by atoms with E-state index in [1.807, 2.05) is 12.1 Å². The van der Waals surface area contributed by atoms with Crippen LogP contribution in [0.25, 0.3) is 10.8 Å². The van der Waals surface area contributed by atoms with Crippen LogP contribution in [0.2, 0.25) is 0 Å². The van der Waals surface area contributed by atoms with Crippen LogP contribution in [0.3, 0.4) is 0 Å². The number of benzene rings is 4. The van der Waals surface area contributed by atoms with Crippen LogP contribution in [-0.4, -0.2) is 44.1 Å². The van der Waals surface area contributed by atoms with Crippen LogP contribution in [0, 0.1) is 11.7 Å². The van der Waals surface area contributed by atoms with Crippen LogP contribution in [0.15, 0.2) is 89.8 Å². The third-order valence-corrected chi connectivity index (χ3v) is 8.73. The summed E-state index contributed by atoms with van der Waals surface area (Å²) in [5.41, 5.74) is 7.34. The number of fused-ring (bicyclic) bond motifs is 1. The zero-order valence-electron chi connectivity index (χ0n) is 24.5. The molecule has 9 nitrogen and oxygen atoms in total. The summed E-state index contributed by atoms with van der Waals surface area (Å²) in [6.07, 6.45) is 1.05. The number of carbonyl (C=O) groups is 3. The first-order chi connectivity index (χ1) is 21.0. The molecule has 4 aromatic carbocycles. The van der Waals surface area contributed by atoms with Crippen LogP contribution in [0.1, 0.15) is 42.6 Å². The lowest BCUT2D eigenvalue weighted by atomic mass is 9.97. The lowest BCUT2D eigenvalue weighted by Gasteiger charge is -2.24. The Bertz CT molecular complexity index is 1770. The van der Waals surface area contributed by atoms with Gasteiger partial charge in [-0.2, -0.15) is 0 Å². The summed E-state index contributed by atoms with van der Waals surface area (Å²) in [6, 6.07) is 22.4. The maximum Gasteiger partial charge on any atom is 0.264 e. The number of amides is 3. The van der Waals surface area contributed by atoms with Crippen molar-refractivity contribution in [2.75, 3.05) is 24.1 Å². The van der Waals surface area contributed by atoms with Gasteiger partial charge in [0.25, 0.3) is 15.9 Å². The van der Waals surface area contributed by atoms with Crippen molar-refractivity contribution in [3.05, 3.63) is 102 Å². The molecule has 0 bridgehead atoms. The van der Waals surface area contributed by atoms with Crippen molar-refractivity contribution in [3.8, 4) is 0 Å². The van der Waals surface area contributed by atoms with Crippen LogP contribution in [-0.2, 0) is 26.0 Å². The molecule has 4 N–H and O–H groups in total. The predicted molar refractivity (Wildman–Crippen MR) is 169 cm³/mol. The number of halogens is 1. The molecule has 44 heavy (non-hydrogen) atoms. The second-order valence-electron chi connectivity index (χ2n) is 10.3. The van der Waals surface area contributed by atoms with E-state index in [9.17, 15) is 27.2 Å². The van der Waals surface area contributed by atoms with Crippen LogP contribution in [0.5, 0.6) is 0 Å². The molecule has 1 unspecified atom stereocenters. The Kier molecular flexibility index (Phi) is 10.3. The monoisotopic (exact) mass is 618 g/mol. The highest BCUT2D eigenvalue weighted by Gasteiger charge is 2.32. The first-order valence-electron chi connectivity index (χ1n) is 14.3. The van der Waals surface area contributed by atoms with Crippen molar-refractivity contribution in [3.63, 3.8) is 0 Å². The SMILES string of the molecule is CCN(CC)C(=O)C(CCCc1ccc(NC(=O)c2cc(F)ccc2N)cc1)C(=O)NS(=O)(=O)c1ccc2ccccc2c1. The Morgan fingerprint density at radius 3 is 2.25 bits per heavy atom. The Morgan fingerprint density at radius 1 is 0.886 bits per heavy atom. The van der Waals surface area contributed by atoms with E-state index in [1.54, 1.807) is 56.3 Å². The fourth-order valence-electron chi connectivity index (χ4n) is 4.91. The van der Waals surface area contributed by atoms with E-state index < -0.39 is 39.5 Å². The summed E-state index contributed by atoms with van der Waals surface area (Å²) in [4.78, 5) is 40.6. The number of nitrogen functional groups attached to an aromatic ring is 1. The molecule has 0 heterocycles. The quantitative estimate of drug-likeness (QED) is 0.149. The highest BCUT2D eigenvalue weighted by atomic mass is 32.2. The predicted octanol–water partition coefficient (Wildman–Crippen LogP) is 5.13. The molecule has 0 spiro atoms. The number of nitrogens with one attached hydrogen (secondary N) is 2. The Morgan fingerprint density at radius 2 is 1.57 bits per heavy atom. The van der Waals surface area contributed by atoms with E-state index in [2.05, 4.69) is 10.0 Å². The molecule has 0 aromatic heterocycles. The third kappa shape index (κ3) is 7.78. The van der Waals surface area contributed by atoms with Gasteiger partial charge in [-0.3, -0.25) is 14.4 Å². The van der Waals surface area contributed by atoms with Crippen LogP contribution < -0.4 is 15.8 Å². The minimum absolute atomic E-state index is 0.0268. The molecule has 0 aliphatic carbocycles. The number of nitrogens with two attached hydrogens (primary N) is 1. The van der Waals surface area contributed by atoms with E-state index in [0.717, 1.165) is 17.0 Å². The van der Waals surface area contributed by atoms with E-state index in [4.69, 9.17) is 5.73 Å². The van der Waals surface area contributed by atoms with Gasteiger partial charge in [0.15, 0.2) is 0 Å². The van der Waals surface area contributed by atoms with Crippen molar-refractivity contribution in [1.29, 1.82) is 0 Å². The van der Waals surface area contributed by atoms with Gasteiger partial charge in [-0.1, -0.05) is 42.5 Å². The van der Waals surface area contributed by atoms with Gasteiger partial charge in [-0.25, -0.2) is 17.5 Å². The Hall–Kier alpha value is -4.77. The molecule has 4 aromatic rings. The smallest absolute Gasteiger partial charge is 0.264 e. The molecule has 3 amide bonds. The van der Waals surface area contributed by atoms with Crippen molar-refractivity contribution in [1.82, 2.24) is 9.62 Å². The van der Waals surface area contributed by atoms with Gasteiger partial charge < -0.3 is 16.0 Å². The molecule has 0 radical (unpaired) electrons. The minimum Gasteiger partial charge on any atom is -0.398 e. The molecule has 0 aliphatic heterocycles. The molecule has 0 fully saturated rings. The summed E-state index contributed by atoms with van der Waals surface area (Å²) in [5.74, 6) is -3.62. The van der Waals surface area contributed by atoms with Crippen molar-refractivity contribution < 1.29 is 27.2 Å². The van der Waals surface area contributed by atoms with Gasteiger partial charge in [0.2, 0.25) is 11.8 Å². The molecule has 1 atom stereocenters. The number of rotatable bonds is 12. The van der Waals surface area contributed by atoms with Gasteiger partial charge in [0, 0.05) is 24.5 Å². The normalized spacial score (nSPS) is 12.0. The van der Waals surface area contributed by atoms with E-state index in [-0.39, 0.29) is 22.6 Å². The number of anilines is 2. The van der Waals surface area contributed by atoms with Gasteiger partial charge in [0.05, 0.1) is 10.5 Å². The third-order valence-electron chi connectivity index (χ3n) is 7.39. The van der Waals surface area contributed by atoms with Gasteiger partial charge in [-0.15, -0.1) is 0 Å². The van der Waals surface area contributed by atoms with Crippen molar-refractivity contribution in [2.24, 2.45) is 5.92 Å². The standard InChI is InChI=1S/C33H35FN4O5S/c1-3-38(4-2)33(41)28(32(40)37-44(42,43)27-18-14-23-9-5-6-10-24(23)20-27)11-7-8-22-12-16-26(17-13-22)36-31(39)29-21-25(34)15-19-30(29)35/h5-6,9-10,12-21,28H,3-4,7-8,11,35H2,1-2H3,(H,36,39)(H,37,40). The molecular weight excluding hydrogens is 583 g/mol. The Balaban J connectivity index is 1.42. The van der Waals surface area contributed by atoms with Gasteiger partial charge in [-0.05, 0) is 91.9 Å². The highest BCUT2D eigenvalue weighted by molar-refractivity contribution is 7.90. The van der Waals surface area contributed by atoms with Crippen LogP contribution in [0.4, 0.5) is 15.8 Å². The molecular formula is C33H35FN4O5S. The van der Waals surface area contributed by atoms with Gasteiger partial charge >= 0.3 is 0 Å². The molecule has 230 valence electrons. The van der Waals surface area contributed by atoms with Gasteiger partial charge in [0.1, 0.15) is 11.7 Å². The number of hydrogen-bond acceptors (Lipinski definition) is 6. The largest absolute Gasteiger partial charge is 0.398 e. The first kappa shape index (κ1) is 32.2. The molecule has 11 heteroatoms. The summed E-state index contributed by atoms with van der Waals surface area (Å²) < 4.78 is 42.0. The average Bonchev–Trinajstić information content (AvgIpc) is 3.01. The molecule has 0 aliphatic rings. The van der Waals surface area contributed by atoms with E-state index in [1.165, 1.54) is 29.2 Å². The first-order valence-corrected chi connectivity index (χ1v) is 15.8. The fraction of sp³-hybridized carbons (Fsp3) is 0.242. The number of sulfonamides is 1. The van der Waals surface area contributed by atoms with E-state index >= 15 is 0 Å². The minimum atomic E-state index is -4.22. The summed E-state index contributed by atoms with van der Waals surface area (Å²) >= 11 is 0. The zero-order valence-corrected chi connectivity index (χ0v) is 25.4. The zero-order chi connectivity index (χ0) is 31.9. The summed E-state index contributed by atoms with van der Waals surface area (Å²) in [7, 11) is -4.22. The second kappa shape index (κ2) is 14.1.